The van der Waals surface area contributed by atoms with E-state index in [1.807, 2.05) is 56.4 Å². The SMILES string of the molecule is C=CC(=O)N1CC2C(C1)C2Cn1cc(N/C(=C/CC)C(=NC)OC)c2ncn(C(C)C)c2c1=O.CC. The Morgan fingerprint density at radius 3 is 2.53 bits per heavy atom. The third-order valence-electron chi connectivity index (χ3n) is 6.92. The molecule has 1 amide bonds. The zero-order chi connectivity index (χ0) is 26.6. The van der Waals surface area contributed by atoms with E-state index in [0.717, 1.165) is 30.9 Å². The number of nitrogens with zero attached hydrogens (tertiary/aromatic N) is 5. The first-order valence-electron chi connectivity index (χ1n) is 12.8. The Kier molecular flexibility index (Phi) is 8.76. The standard InChI is InChI=1S/C25H34N6O3.C2H6/c1-7-9-19(24(26-5)34-6)28-20-13-30(25(33)23-22(20)27-14-31(23)15(3)4)12-18-16-10-29(11-17(16)18)21(32)8-2;1-2/h8-9,13-18,28H,2,7,10-12H2,1,3-6H3;1-2H3/b19-9+,26-24?;. The van der Waals surface area contributed by atoms with Crippen molar-refractivity contribution in [1.29, 1.82) is 0 Å². The van der Waals surface area contributed by atoms with Gasteiger partial charge in [-0.3, -0.25) is 14.6 Å². The number of anilines is 1. The maximum absolute atomic E-state index is 13.6. The first-order chi connectivity index (χ1) is 17.3. The number of likely N-dealkylation sites (tertiary alicyclic amines) is 1. The molecule has 36 heavy (non-hydrogen) atoms. The Hall–Kier alpha value is -3.36. The first kappa shape index (κ1) is 27.2. The molecule has 2 aliphatic rings. The molecule has 3 heterocycles. The molecule has 1 aliphatic carbocycles. The highest BCUT2D eigenvalue weighted by atomic mass is 16.5. The summed E-state index contributed by atoms with van der Waals surface area (Å²) in [6, 6.07) is 0.0950. The number of piperidine rings is 1. The van der Waals surface area contributed by atoms with E-state index in [2.05, 4.69) is 21.9 Å². The second-order valence-electron chi connectivity index (χ2n) is 9.27. The van der Waals surface area contributed by atoms with Crippen molar-refractivity contribution < 1.29 is 9.53 Å². The van der Waals surface area contributed by atoms with Crippen LogP contribution < -0.4 is 10.9 Å². The average molecular weight is 497 g/mol. The number of imidazole rings is 1. The summed E-state index contributed by atoms with van der Waals surface area (Å²) in [5.74, 6) is 1.71. The van der Waals surface area contributed by atoms with E-state index in [1.54, 1.807) is 25.1 Å². The number of hydrogen-bond donors (Lipinski definition) is 1. The van der Waals surface area contributed by atoms with Crippen molar-refractivity contribution in [2.45, 2.75) is 53.6 Å². The molecule has 2 unspecified atom stereocenters. The van der Waals surface area contributed by atoms with E-state index in [1.165, 1.54) is 6.08 Å². The molecule has 2 fully saturated rings. The fourth-order valence-electron chi connectivity index (χ4n) is 5.12. The number of ether oxygens (including phenoxy) is 1. The lowest BCUT2D eigenvalue weighted by molar-refractivity contribution is -0.125. The van der Waals surface area contributed by atoms with Crippen LogP contribution in [0.2, 0.25) is 0 Å². The monoisotopic (exact) mass is 496 g/mol. The average Bonchev–Trinajstić information content (AvgIpc) is 3.24. The van der Waals surface area contributed by atoms with Crippen LogP contribution in [0.15, 0.2) is 46.7 Å². The molecule has 0 radical (unpaired) electrons. The molecule has 0 bridgehead atoms. The molecular weight excluding hydrogens is 456 g/mol. The Labute approximate surface area is 213 Å². The third-order valence-corrected chi connectivity index (χ3v) is 6.92. The van der Waals surface area contributed by atoms with Gasteiger partial charge in [0.05, 0.1) is 24.8 Å². The summed E-state index contributed by atoms with van der Waals surface area (Å²) in [4.78, 5) is 36.2. The molecule has 1 N–H and O–H groups in total. The zero-order valence-electron chi connectivity index (χ0n) is 22.6. The molecule has 2 aromatic heterocycles. The van der Waals surface area contributed by atoms with Crippen LogP contribution in [0.3, 0.4) is 0 Å². The van der Waals surface area contributed by atoms with Crippen LogP contribution in [-0.2, 0) is 16.1 Å². The van der Waals surface area contributed by atoms with Crippen molar-refractivity contribution in [1.82, 2.24) is 19.0 Å². The predicted octanol–water partition coefficient (Wildman–Crippen LogP) is 4.08. The van der Waals surface area contributed by atoms with E-state index in [9.17, 15) is 9.59 Å². The molecule has 1 aliphatic heterocycles. The molecule has 2 aromatic rings. The summed E-state index contributed by atoms with van der Waals surface area (Å²) in [5.41, 5.74) is 2.63. The van der Waals surface area contributed by atoms with Crippen LogP contribution in [0.1, 0.15) is 47.1 Å². The lowest BCUT2D eigenvalue weighted by Gasteiger charge is -2.19. The quantitative estimate of drug-likeness (QED) is 0.338. The van der Waals surface area contributed by atoms with Gasteiger partial charge >= 0.3 is 0 Å². The maximum Gasteiger partial charge on any atom is 0.276 e. The smallest absolute Gasteiger partial charge is 0.276 e. The highest BCUT2D eigenvalue weighted by Crippen LogP contribution is 2.52. The van der Waals surface area contributed by atoms with Gasteiger partial charge in [0.1, 0.15) is 11.0 Å². The lowest BCUT2D eigenvalue weighted by atomic mass is 10.2. The van der Waals surface area contributed by atoms with Gasteiger partial charge in [0.2, 0.25) is 11.8 Å². The number of hydrogen-bond acceptors (Lipinski definition) is 6. The molecule has 4 rings (SSSR count). The number of aliphatic imine (C=N–C) groups is 1. The summed E-state index contributed by atoms with van der Waals surface area (Å²) in [7, 11) is 3.27. The van der Waals surface area contributed by atoms with Crippen molar-refractivity contribution in [3.63, 3.8) is 0 Å². The van der Waals surface area contributed by atoms with Crippen LogP contribution in [0.5, 0.6) is 0 Å². The number of carbonyl (C=O) groups is 1. The third kappa shape index (κ3) is 5.10. The molecular formula is C27H40N6O3. The van der Waals surface area contributed by atoms with Gasteiger partial charge in [-0.15, -0.1) is 0 Å². The van der Waals surface area contributed by atoms with E-state index in [4.69, 9.17) is 4.74 Å². The maximum atomic E-state index is 13.6. The largest absolute Gasteiger partial charge is 0.480 e. The summed E-state index contributed by atoms with van der Waals surface area (Å²) >= 11 is 0. The number of aromatic nitrogens is 3. The Morgan fingerprint density at radius 2 is 2.00 bits per heavy atom. The van der Waals surface area contributed by atoms with Gasteiger partial charge in [-0.25, -0.2) is 4.98 Å². The Balaban J connectivity index is 0.00000176. The lowest BCUT2D eigenvalue weighted by Crippen LogP contribution is -2.31. The van der Waals surface area contributed by atoms with Crippen LogP contribution in [0.25, 0.3) is 11.0 Å². The van der Waals surface area contributed by atoms with Gasteiger partial charge in [0.25, 0.3) is 5.56 Å². The van der Waals surface area contributed by atoms with Gasteiger partial charge in [0, 0.05) is 38.9 Å². The van der Waals surface area contributed by atoms with Gasteiger partial charge < -0.3 is 24.1 Å². The molecule has 0 spiro atoms. The number of pyridine rings is 1. The summed E-state index contributed by atoms with van der Waals surface area (Å²) in [5, 5.41) is 3.42. The van der Waals surface area contributed by atoms with Crippen LogP contribution in [-0.4, -0.2) is 58.1 Å². The highest BCUT2D eigenvalue weighted by molar-refractivity contribution is 5.99. The number of carbonyl (C=O) groups excluding carboxylic acids is 1. The second kappa shape index (κ2) is 11.6. The van der Waals surface area contributed by atoms with E-state index in [0.29, 0.717) is 41.2 Å². The van der Waals surface area contributed by atoms with Gasteiger partial charge in [-0.1, -0.05) is 33.4 Å². The van der Waals surface area contributed by atoms with Crippen LogP contribution in [0, 0.1) is 17.8 Å². The van der Waals surface area contributed by atoms with Gasteiger partial charge in [0.15, 0.2) is 0 Å². The summed E-state index contributed by atoms with van der Waals surface area (Å²) in [6.45, 7) is 15.8. The zero-order valence-corrected chi connectivity index (χ0v) is 22.6. The number of rotatable bonds is 8. The molecule has 196 valence electrons. The summed E-state index contributed by atoms with van der Waals surface area (Å²) < 4.78 is 9.17. The van der Waals surface area contributed by atoms with Crippen LogP contribution in [0.4, 0.5) is 5.69 Å². The summed E-state index contributed by atoms with van der Waals surface area (Å²) in [6.07, 6.45) is 7.75. The second-order valence-corrected chi connectivity index (χ2v) is 9.27. The van der Waals surface area contributed by atoms with Crippen molar-refractivity contribution in [2.75, 3.05) is 32.6 Å². The van der Waals surface area contributed by atoms with Crippen LogP contribution >= 0.6 is 0 Å². The predicted molar refractivity (Wildman–Crippen MR) is 145 cm³/mol. The van der Waals surface area contributed by atoms with Gasteiger partial charge in [-0.05, 0) is 44.1 Å². The van der Waals surface area contributed by atoms with E-state index in [-0.39, 0.29) is 17.5 Å². The molecule has 9 heteroatoms. The van der Waals surface area contributed by atoms with Crippen molar-refractivity contribution >= 4 is 28.5 Å². The van der Waals surface area contributed by atoms with Crippen molar-refractivity contribution in [3.8, 4) is 0 Å². The fraction of sp³-hybridized carbons (Fsp3) is 0.556. The topological polar surface area (TPSA) is 93.8 Å². The molecule has 0 aromatic carbocycles. The number of amides is 1. The number of nitrogens with one attached hydrogen (secondary N) is 1. The first-order valence-corrected chi connectivity index (χ1v) is 12.8. The minimum Gasteiger partial charge on any atom is -0.480 e. The molecule has 9 nitrogen and oxygen atoms in total. The van der Waals surface area contributed by atoms with E-state index < -0.39 is 0 Å². The van der Waals surface area contributed by atoms with Crippen molar-refractivity contribution in [3.05, 3.63) is 47.3 Å². The minimum atomic E-state index is -0.0482. The minimum absolute atomic E-state index is 0.0152. The number of allylic oxidation sites excluding steroid dienone is 1. The van der Waals surface area contributed by atoms with Gasteiger partial charge in [-0.2, -0.15) is 0 Å². The Morgan fingerprint density at radius 1 is 1.33 bits per heavy atom. The molecule has 1 saturated heterocycles. The number of methoxy groups -OCH3 is 1. The fourth-order valence-corrected chi connectivity index (χ4v) is 5.12. The highest BCUT2D eigenvalue weighted by Gasteiger charge is 2.56. The number of fused-ring (bicyclic) bond motifs is 2. The molecule has 2 atom stereocenters. The normalized spacial score (nSPS) is 21.2. The van der Waals surface area contributed by atoms with Crippen molar-refractivity contribution in [2.24, 2.45) is 22.7 Å². The Bertz CT molecular complexity index is 1210. The molecule has 1 saturated carbocycles. The van der Waals surface area contributed by atoms with E-state index >= 15 is 0 Å².